The molecule has 1 N–H and O–H groups in total. The zero-order valence-corrected chi connectivity index (χ0v) is 14.3. The van der Waals surface area contributed by atoms with Gasteiger partial charge in [-0.25, -0.2) is 0 Å². The van der Waals surface area contributed by atoms with Crippen LogP contribution in [0.1, 0.15) is 35.3 Å². The zero-order chi connectivity index (χ0) is 14.7. The van der Waals surface area contributed by atoms with E-state index in [0.717, 1.165) is 19.4 Å². The van der Waals surface area contributed by atoms with Crippen molar-refractivity contribution in [3.8, 4) is 0 Å². The van der Waals surface area contributed by atoms with Gasteiger partial charge in [-0.2, -0.15) is 0 Å². The maximum atomic E-state index is 6.05. The summed E-state index contributed by atoms with van der Waals surface area (Å²) in [5, 5.41) is 3.44. The Morgan fingerprint density at radius 1 is 1.24 bits per heavy atom. The second kappa shape index (κ2) is 6.90. The fourth-order valence-corrected chi connectivity index (χ4v) is 3.60. The van der Waals surface area contributed by atoms with Gasteiger partial charge < -0.3 is 10.1 Å². The predicted molar refractivity (Wildman–Crippen MR) is 94.4 cm³/mol. The maximum absolute atomic E-state index is 6.05. The fourth-order valence-electron chi connectivity index (χ4n) is 3.03. The van der Waals surface area contributed by atoms with Crippen LogP contribution in [0.5, 0.6) is 0 Å². The lowest BCUT2D eigenvalue weighted by Gasteiger charge is -2.29. The van der Waals surface area contributed by atoms with Crippen molar-refractivity contribution in [1.82, 2.24) is 5.32 Å². The summed E-state index contributed by atoms with van der Waals surface area (Å²) < 4.78 is 7.32. The summed E-state index contributed by atoms with van der Waals surface area (Å²) in [6.07, 6.45) is 2.18. The molecule has 0 saturated carbocycles. The minimum absolute atomic E-state index is 0.185. The standard InChI is InChI=1S/C18H20INO/c1-20-17(14-6-4-7-15(19)11-14)12-18-16-8-3-2-5-13(16)9-10-21-18/h2-8,11,17-18,20H,9-10,12H2,1H3. The van der Waals surface area contributed by atoms with Crippen molar-refractivity contribution < 1.29 is 4.74 Å². The molecule has 0 aromatic heterocycles. The van der Waals surface area contributed by atoms with E-state index in [1.54, 1.807) is 0 Å². The highest BCUT2D eigenvalue weighted by atomic mass is 127. The molecular weight excluding hydrogens is 373 g/mol. The molecule has 21 heavy (non-hydrogen) atoms. The van der Waals surface area contributed by atoms with Crippen LogP contribution in [-0.2, 0) is 11.2 Å². The first-order valence-corrected chi connectivity index (χ1v) is 8.48. The summed E-state index contributed by atoms with van der Waals surface area (Å²) in [6, 6.07) is 17.7. The van der Waals surface area contributed by atoms with E-state index in [2.05, 4.69) is 76.4 Å². The minimum atomic E-state index is 0.185. The topological polar surface area (TPSA) is 21.3 Å². The van der Waals surface area contributed by atoms with E-state index >= 15 is 0 Å². The highest BCUT2D eigenvalue weighted by Crippen LogP contribution is 2.34. The van der Waals surface area contributed by atoms with Crippen LogP contribution in [0.4, 0.5) is 0 Å². The number of benzene rings is 2. The number of rotatable bonds is 4. The number of hydrogen-bond acceptors (Lipinski definition) is 2. The van der Waals surface area contributed by atoms with Crippen LogP contribution in [-0.4, -0.2) is 13.7 Å². The van der Waals surface area contributed by atoms with Gasteiger partial charge in [0.2, 0.25) is 0 Å². The van der Waals surface area contributed by atoms with E-state index in [-0.39, 0.29) is 6.10 Å². The van der Waals surface area contributed by atoms with Crippen LogP contribution in [0.25, 0.3) is 0 Å². The SMILES string of the molecule is CNC(CC1OCCc2ccccc21)c1cccc(I)c1. The van der Waals surface area contributed by atoms with Crippen LogP contribution in [0.2, 0.25) is 0 Å². The Balaban J connectivity index is 1.82. The largest absolute Gasteiger partial charge is 0.373 e. The second-order valence-corrected chi connectivity index (χ2v) is 6.69. The van der Waals surface area contributed by atoms with E-state index in [1.807, 2.05) is 7.05 Å². The highest BCUT2D eigenvalue weighted by Gasteiger charge is 2.24. The third-order valence-electron chi connectivity index (χ3n) is 4.14. The van der Waals surface area contributed by atoms with Crippen LogP contribution in [0.3, 0.4) is 0 Å². The van der Waals surface area contributed by atoms with Gasteiger partial charge in [0.1, 0.15) is 0 Å². The van der Waals surface area contributed by atoms with Gasteiger partial charge in [-0.15, -0.1) is 0 Å². The van der Waals surface area contributed by atoms with Crippen LogP contribution >= 0.6 is 22.6 Å². The van der Waals surface area contributed by atoms with Crippen LogP contribution in [0, 0.1) is 3.57 Å². The van der Waals surface area contributed by atoms with E-state index in [9.17, 15) is 0 Å². The molecule has 2 atom stereocenters. The zero-order valence-electron chi connectivity index (χ0n) is 12.2. The molecule has 1 aliphatic heterocycles. The molecule has 0 fully saturated rings. The molecule has 2 aromatic rings. The van der Waals surface area contributed by atoms with Crippen LogP contribution in [0.15, 0.2) is 48.5 Å². The molecule has 2 unspecified atom stereocenters. The van der Waals surface area contributed by atoms with Gasteiger partial charge in [0, 0.05) is 9.61 Å². The molecule has 110 valence electrons. The number of fused-ring (bicyclic) bond motifs is 1. The van der Waals surface area contributed by atoms with E-state index in [0.29, 0.717) is 6.04 Å². The Morgan fingerprint density at radius 2 is 2.10 bits per heavy atom. The van der Waals surface area contributed by atoms with Crippen LogP contribution < -0.4 is 5.32 Å². The molecule has 0 bridgehead atoms. The summed E-state index contributed by atoms with van der Waals surface area (Å²) in [6.45, 7) is 0.824. The molecule has 0 spiro atoms. The molecule has 1 aliphatic rings. The lowest BCUT2D eigenvalue weighted by molar-refractivity contribution is 0.0298. The quantitative estimate of drug-likeness (QED) is 0.785. The third-order valence-corrected chi connectivity index (χ3v) is 4.81. The molecule has 2 aromatic carbocycles. The van der Waals surface area contributed by atoms with E-state index < -0.39 is 0 Å². The van der Waals surface area contributed by atoms with Crippen molar-refractivity contribution >= 4 is 22.6 Å². The number of nitrogens with one attached hydrogen (secondary N) is 1. The van der Waals surface area contributed by atoms with Crippen molar-refractivity contribution in [2.45, 2.75) is 25.0 Å². The highest BCUT2D eigenvalue weighted by molar-refractivity contribution is 14.1. The summed E-state index contributed by atoms with van der Waals surface area (Å²) >= 11 is 2.37. The minimum Gasteiger partial charge on any atom is -0.373 e. The number of halogens is 1. The first-order valence-electron chi connectivity index (χ1n) is 7.40. The Hall–Kier alpha value is -0.910. The van der Waals surface area contributed by atoms with Gasteiger partial charge in [0.05, 0.1) is 12.7 Å². The summed E-state index contributed by atoms with van der Waals surface area (Å²) in [5.41, 5.74) is 4.12. The first kappa shape index (κ1) is 15.0. The van der Waals surface area contributed by atoms with Crippen molar-refractivity contribution in [3.63, 3.8) is 0 Å². The van der Waals surface area contributed by atoms with Crippen molar-refractivity contribution in [1.29, 1.82) is 0 Å². The number of hydrogen-bond donors (Lipinski definition) is 1. The molecule has 0 radical (unpaired) electrons. The smallest absolute Gasteiger partial charge is 0.0845 e. The Bertz CT molecular complexity index is 614. The summed E-state index contributed by atoms with van der Waals surface area (Å²) in [5.74, 6) is 0. The van der Waals surface area contributed by atoms with Gasteiger partial charge in [-0.3, -0.25) is 0 Å². The average Bonchev–Trinajstić information content (AvgIpc) is 2.52. The molecule has 3 heteroatoms. The van der Waals surface area contributed by atoms with Crippen molar-refractivity contribution in [3.05, 3.63) is 68.8 Å². The summed E-state index contributed by atoms with van der Waals surface area (Å²) in [7, 11) is 2.03. The number of ether oxygens (including phenoxy) is 1. The van der Waals surface area contributed by atoms with E-state index in [1.165, 1.54) is 20.3 Å². The Kier molecular flexibility index (Phi) is 4.93. The molecule has 1 heterocycles. The van der Waals surface area contributed by atoms with Gasteiger partial charge in [0.15, 0.2) is 0 Å². The maximum Gasteiger partial charge on any atom is 0.0845 e. The molecule has 0 saturated heterocycles. The van der Waals surface area contributed by atoms with Crippen molar-refractivity contribution in [2.75, 3.05) is 13.7 Å². The van der Waals surface area contributed by atoms with Gasteiger partial charge in [-0.1, -0.05) is 36.4 Å². The normalized spacial score (nSPS) is 19.0. The average molecular weight is 393 g/mol. The predicted octanol–water partition coefficient (Wildman–Crippen LogP) is 4.26. The lowest BCUT2D eigenvalue weighted by Crippen LogP contribution is -2.24. The monoisotopic (exact) mass is 393 g/mol. The Labute approximate surface area is 140 Å². The van der Waals surface area contributed by atoms with E-state index in [4.69, 9.17) is 4.74 Å². The molecule has 3 rings (SSSR count). The third kappa shape index (κ3) is 3.47. The Morgan fingerprint density at radius 3 is 2.90 bits per heavy atom. The second-order valence-electron chi connectivity index (χ2n) is 5.44. The molecular formula is C18H20INO. The molecule has 2 nitrogen and oxygen atoms in total. The van der Waals surface area contributed by atoms with Gasteiger partial charge >= 0.3 is 0 Å². The van der Waals surface area contributed by atoms with Gasteiger partial charge in [0.25, 0.3) is 0 Å². The molecule has 0 aliphatic carbocycles. The first-order chi connectivity index (χ1) is 10.3. The van der Waals surface area contributed by atoms with Gasteiger partial charge in [-0.05, 0) is 71.3 Å². The van der Waals surface area contributed by atoms with Crippen molar-refractivity contribution in [2.24, 2.45) is 0 Å². The lowest BCUT2D eigenvalue weighted by atomic mass is 9.91. The molecule has 0 amide bonds. The summed E-state index contributed by atoms with van der Waals surface area (Å²) in [4.78, 5) is 0. The fraction of sp³-hybridized carbons (Fsp3) is 0.333.